The first-order valence-corrected chi connectivity index (χ1v) is 10.1. The zero-order valence-corrected chi connectivity index (χ0v) is 18.2. The summed E-state index contributed by atoms with van der Waals surface area (Å²) in [5.74, 6) is -2.82. The fourth-order valence-electron chi connectivity index (χ4n) is 2.75. The molecule has 10 heteroatoms. The van der Waals surface area contributed by atoms with Crippen LogP contribution < -0.4 is 21.7 Å². The lowest BCUT2D eigenvalue weighted by Crippen LogP contribution is -2.56. The number of carbonyl (C=O) groups excluding carboxylic acids is 3. The highest BCUT2D eigenvalue weighted by Gasteiger charge is 2.28. The summed E-state index contributed by atoms with van der Waals surface area (Å²) in [6, 6.07) is 2.03. The van der Waals surface area contributed by atoms with Crippen molar-refractivity contribution in [1.82, 2.24) is 16.0 Å². The Morgan fingerprint density at radius 3 is 1.90 bits per heavy atom. The molecule has 172 valence electrons. The van der Waals surface area contributed by atoms with E-state index in [0.29, 0.717) is 12.0 Å². The van der Waals surface area contributed by atoms with Crippen molar-refractivity contribution in [2.75, 3.05) is 0 Å². The number of rotatable bonds is 11. The van der Waals surface area contributed by atoms with Crippen LogP contribution in [0.15, 0.2) is 24.3 Å². The van der Waals surface area contributed by atoms with Gasteiger partial charge in [0.25, 0.3) is 0 Å². The lowest BCUT2D eigenvalue weighted by Gasteiger charge is -2.24. The highest BCUT2D eigenvalue weighted by atomic mass is 16.4. The smallest absolute Gasteiger partial charge is 0.326 e. The Kier molecular flexibility index (Phi) is 9.94. The predicted molar refractivity (Wildman–Crippen MR) is 114 cm³/mol. The van der Waals surface area contributed by atoms with Gasteiger partial charge in [-0.1, -0.05) is 26.0 Å². The molecule has 0 aromatic heterocycles. The molecule has 0 saturated carbocycles. The highest BCUT2D eigenvalue weighted by Crippen LogP contribution is 2.12. The maximum Gasteiger partial charge on any atom is 0.326 e. The van der Waals surface area contributed by atoms with Crippen LogP contribution in [0.25, 0.3) is 0 Å². The number of nitrogens with two attached hydrogens (primary N) is 1. The average molecular weight is 437 g/mol. The van der Waals surface area contributed by atoms with Crippen molar-refractivity contribution in [2.24, 2.45) is 11.7 Å². The zero-order valence-electron chi connectivity index (χ0n) is 18.2. The number of carboxylic acid groups (broad SMARTS) is 1. The number of carboxylic acids is 1. The molecule has 4 atom stereocenters. The van der Waals surface area contributed by atoms with E-state index >= 15 is 0 Å². The number of carbonyl (C=O) groups is 4. The minimum Gasteiger partial charge on any atom is -0.508 e. The van der Waals surface area contributed by atoms with Crippen LogP contribution in [0.1, 0.15) is 39.7 Å². The normalized spacial score (nSPS) is 14.8. The number of hydrogen-bond acceptors (Lipinski definition) is 6. The molecule has 0 saturated heterocycles. The van der Waals surface area contributed by atoms with Crippen LogP contribution in [0.5, 0.6) is 5.75 Å². The number of phenols is 1. The predicted octanol–water partition coefficient (Wildman–Crippen LogP) is -0.113. The van der Waals surface area contributed by atoms with E-state index in [-0.39, 0.29) is 18.1 Å². The summed E-state index contributed by atoms with van der Waals surface area (Å²) in [4.78, 5) is 48.5. The van der Waals surface area contributed by atoms with Gasteiger partial charge in [0.15, 0.2) is 0 Å². The van der Waals surface area contributed by atoms with Crippen LogP contribution in [0, 0.1) is 5.92 Å². The van der Waals surface area contributed by atoms with Crippen LogP contribution in [0.3, 0.4) is 0 Å². The molecule has 31 heavy (non-hydrogen) atoms. The molecule has 1 rings (SSSR count). The fourth-order valence-corrected chi connectivity index (χ4v) is 2.75. The number of aromatic hydroxyl groups is 1. The Bertz CT molecular complexity index is 779. The van der Waals surface area contributed by atoms with Crippen molar-refractivity contribution in [1.29, 1.82) is 0 Å². The third kappa shape index (κ3) is 9.04. The standard InChI is InChI=1S/C21H32N4O6/c1-11(2)9-16(24-18(27)12(3)22)20(29)23-13(4)19(28)25-17(21(30)31)10-14-5-7-15(26)8-6-14/h5-8,11-13,16-17,26H,9-10,22H2,1-4H3,(H,23,29)(H,24,27)(H,25,28)(H,30,31). The van der Waals surface area contributed by atoms with Gasteiger partial charge in [-0.3, -0.25) is 14.4 Å². The highest BCUT2D eigenvalue weighted by molar-refractivity contribution is 5.93. The largest absolute Gasteiger partial charge is 0.508 e. The maximum atomic E-state index is 12.6. The molecule has 3 amide bonds. The van der Waals surface area contributed by atoms with Crippen LogP contribution in [0.2, 0.25) is 0 Å². The Morgan fingerprint density at radius 2 is 1.42 bits per heavy atom. The van der Waals surface area contributed by atoms with Gasteiger partial charge in [-0.25, -0.2) is 4.79 Å². The van der Waals surface area contributed by atoms with E-state index in [1.165, 1.54) is 26.0 Å². The molecule has 10 nitrogen and oxygen atoms in total. The van der Waals surface area contributed by atoms with Crippen molar-refractivity contribution in [3.8, 4) is 5.75 Å². The molecular formula is C21H32N4O6. The third-order valence-electron chi connectivity index (χ3n) is 4.50. The molecule has 0 spiro atoms. The van der Waals surface area contributed by atoms with E-state index < -0.39 is 47.9 Å². The summed E-state index contributed by atoms with van der Waals surface area (Å²) in [6.45, 7) is 6.69. The lowest BCUT2D eigenvalue weighted by atomic mass is 10.0. The van der Waals surface area contributed by atoms with Gasteiger partial charge in [0.1, 0.15) is 23.9 Å². The first-order valence-electron chi connectivity index (χ1n) is 10.1. The molecule has 0 bridgehead atoms. The summed E-state index contributed by atoms with van der Waals surface area (Å²) in [6.07, 6.45) is 0.347. The van der Waals surface area contributed by atoms with Crippen molar-refractivity contribution in [2.45, 2.75) is 64.7 Å². The summed E-state index contributed by atoms with van der Waals surface area (Å²) < 4.78 is 0. The number of phenolic OH excluding ortho intramolecular Hbond substituents is 1. The Labute approximate surface area is 181 Å². The summed E-state index contributed by atoms with van der Waals surface area (Å²) in [5, 5.41) is 26.2. The topological polar surface area (TPSA) is 171 Å². The monoisotopic (exact) mass is 436 g/mol. The van der Waals surface area contributed by atoms with Gasteiger partial charge in [0.2, 0.25) is 17.7 Å². The first kappa shape index (κ1) is 25.9. The molecule has 0 radical (unpaired) electrons. The molecule has 0 aliphatic carbocycles. The van der Waals surface area contributed by atoms with Crippen LogP contribution in [0.4, 0.5) is 0 Å². The number of hydrogen-bond donors (Lipinski definition) is 6. The van der Waals surface area contributed by atoms with E-state index in [1.807, 2.05) is 13.8 Å². The minimum atomic E-state index is -1.23. The molecule has 7 N–H and O–H groups in total. The summed E-state index contributed by atoms with van der Waals surface area (Å²) in [7, 11) is 0. The molecule has 0 aliphatic rings. The van der Waals surface area contributed by atoms with E-state index in [0.717, 1.165) is 0 Å². The van der Waals surface area contributed by atoms with Gasteiger partial charge in [-0.05, 0) is 43.9 Å². The fraction of sp³-hybridized carbons (Fsp3) is 0.524. The van der Waals surface area contributed by atoms with Crippen LogP contribution in [-0.2, 0) is 25.6 Å². The second-order valence-electron chi connectivity index (χ2n) is 7.98. The number of amides is 3. The SMILES string of the molecule is CC(C)CC(NC(=O)C(C)N)C(=O)NC(C)C(=O)NC(Cc1ccc(O)cc1)C(=O)O. The van der Waals surface area contributed by atoms with E-state index in [2.05, 4.69) is 16.0 Å². The van der Waals surface area contributed by atoms with Gasteiger partial charge >= 0.3 is 5.97 Å². The molecule has 0 fully saturated rings. The van der Waals surface area contributed by atoms with Gasteiger partial charge in [-0.15, -0.1) is 0 Å². The van der Waals surface area contributed by atoms with E-state index in [9.17, 15) is 29.4 Å². The Hall–Kier alpha value is -3.14. The van der Waals surface area contributed by atoms with Gasteiger partial charge < -0.3 is 31.9 Å². The minimum absolute atomic E-state index is 0.00242. The lowest BCUT2D eigenvalue weighted by molar-refractivity contribution is -0.142. The number of aliphatic carboxylic acids is 1. The zero-order chi connectivity index (χ0) is 23.7. The third-order valence-corrected chi connectivity index (χ3v) is 4.50. The van der Waals surface area contributed by atoms with Crippen molar-refractivity contribution >= 4 is 23.7 Å². The van der Waals surface area contributed by atoms with Crippen LogP contribution >= 0.6 is 0 Å². The molecule has 1 aromatic carbocycles. The molecule has 0 aliphatic heterocycles. The van der Waals surface area contributed by atoms with E-state index in [4.69, 9.17) is 5.73 Å². The first-order chi connectivity index (χ1) is 14.4. The second kappa shape index (κ2) is 11.9. The quantitative estimate of drug-likeness (QED) is 0.281. The summed E-state index contributed by atoms with van der Waals surface area (Å²) in [5.41, 5.74) is 6.15. The average Bonchev–Trinajstić information content (AvgIpc) is 2.67. The Balaban J connectivity index is 2.77. The van der Waals surface area contributed by atoms with Gasteiger partial charge in [-0.2, -0.15) is 0 Å². The maximum absolute atomic E-state index is 12.6. The van der Waals surface area contributed by atoms with Crippen LogP contribution in [-0.4, -0.2) is 58.1 Å². The second-order valence-corrected chi connectivity index (χ2v) is 7.98. The van der Waals surface area contributed by atoms with Crippen molar-refractivity contribution in [3.63, 3.8) is 0 Å². The molecule has 0 heterocycles. The Morgan fingerprint density at radius 1 is 0.871 bits per heavy atom. The number of benzene rings is 1. The van der Waals surface area contributed by atoms with Gasteiger partial charge in [0.05, 0.1) is 6.04 Å². The molecule has 1 aromatic rings. The number of nitrogens with one attached hydrogen (secondary N) is 3. The summed E-state index contributed by atoms with van der Waals surface area (Å²) >= 11 is 0. The molecule has 4 unspecified atom stereocenters. The van der Waals surface area contributed by atoms with Crippen molar-refractivity contribution < 1.29 is 29.4 Å². The molecular weight excluding hydrogens is 404 g/mol. The van der Waals surface area contributed by atoms with E-state index in [1.54, 1.807) is 12.1 Å². The van der Waals surface area contributed by atoms with Crippen molar-refractivity contribution in [3.05, 3.63) is 29.8 Å². The van der Waals surface area contributed by atoms with Gasteiger partial charge in [0, 0.05) is 6.42 Å².